The molecule has 0 aliphatic rings. The zero-order chi connectivity index (χ0) is 11.5. The number of ether oxygens (including phenoxy) is 1. The maximum Gasteiger partial charge on any atom is 0.573 e. The first-order valence-corrected chi connectivity index (χ1v) is 4.04. The van der Waals surface area contributed by atoms with Crippen molar-refractivity contribution in [2.24, 2.45) is 5.16 Å². The zero-order valence-electron chi connectivity index (χ0n) is 7.12. The third-order valence-corrected chi connectivity index (χ3v) is 1.71. The number of halogens is 4. The Bertz CT molecular complexity index is 361. The Kier molecular flexibility index (Phi) is 3.41. The Morgan fingerprint density at radius 1 is 1.27 bits per heavy atom. The van der Waals surface area contributed by atoms with Crippen molar-refractivity contribution in [3.05, 3.63) is 29.8 Å². The summed E-state index contributed by atoms with van der Waals surface area (Å²) in [4.78, 5) is 0. The summed E-state index contributed by atoms with van der Waals surface area (Å²) in [6.07, 6.45) is -4.73. The topological polar surface area (TPSA) is 41.8 Å². The Labute approximate surface area is 87.7 Å². The van der Waals surface area contributed by atoms with Gasteiger partial charge in [-0.1, -0.05) is 16.8 Å². The molecule has 0 bridgehead atoms. The van der Waals surface area contributed by atoms with E-state index in [0.29, 0.717) is 0 Å². The average Bonchev–Trinajstić information content (AvgIpc) is 2.15. The minimum atomic E-state index is -4.73. The number of rotatable bonds is 2. The fraction of sp³-hybridized carbons (Fsp3) is 0.125. The van der Waals surface area contributed by atoms with Gasteiger partial charge in [0.1, 0.15) is 5.75 Å². The molecule has 0 atom stereocenters. The van der Waals surface area contributed by atoms with Crippen LogP contribution in [-0.2, 0) is 0 Å². The van der Waals surface area contributed by atoms with Gasteiger partial charge in [0.25, 0.3) is 0 Å². The lowest BCUT2D eigenvalue weighted by Gasteiger charge is -2.08. The number of hydrogen-bond acceptors (Lipinski definition) is 3. The van der Waals surface area contributed by atoms with Crippen LogP contribution in [0.15, 0.2) is 29.4 Å². The molecule has 1 N–H and O–H groups in total. The smallest absolute Gasteiger partial charge is 0.410 e. The molecule has 3 nitrogen and oxygen atoms in total. The number of oxime groups is 1. The van der Waals surface area contributed by atoms with Crippen molar-refractivity contribution in [1.82, 2.24) is 0 Å². The van der Waals surface area contributed by atoms with Crippen LogP contribution >= 0.6 is 11.6 Å². The predicted octanol–water partition coefficient (Wildman–Crippen LogP) is 2.96. The number of alkyl halides is 3. The molecule has 0 aliphatic carbocycles. The van der Waals surface area contributed by atoms with E-state index < -0.39 is 6.36 Å². The van der Waals surface area contributed by atoms with Gasteiger partial charge in [-0.05, 0) is 24.3 Å². The van der Waals surface area contributed by atoms with Gasteiger partial charge in [-0.2, -0.15) is 0 Å². The van der Waals surface area contributed by atoms with Crippen LogP contribution < -0.4 is 4.74 Å². The molecule has 0 heterocycles. The van der Waals surface area contributed by atoms with Crippen molar-refractivity contribution < 1.29 is 23.1 Å². The van der Waals surface area contributed by atoms with Crippen LogP contribution in [0.1, 0.15) is 5.56 Å². The van der Waals surface area contributed by atoms with E-state index in [4.69, 9.17) is 16.8 Å². The third kappa shape index (κ3) is 3.67. The van der Waals surface area contributed by atoms with E-state index in [-0.39, 0.29) is 16.5 Å². The normalized spacial score (nSPS) is 12.7. The molecular formula is C8H5ClF3NO2. The molecule has 0 aromatic heterocycles. The zero-order valence-corrected chi connectivity index (χ0v) is 7.88. The van der Waals surface area contributed by atoms with Crippen molar-refractivity contribution in [3.8, 4) is 5.75 Å². The summed E-state index contributed by atoms with van der Waals surface area (Å²) in [5.41, 5.74) is 0.286. The molecule has 0 unspecified atom stereocenters. The van der Waals surface area contributed by atoms with Crippen molar-refractivity contribution in [2.45, 2.75) is 6.36 Å². The van der Waals surface area contributed by atoms with Crippen LogP contribution in [0.3, 0.4) is 0 Å². The van der Waals surface area contributed by atoms with Crippen LogP contribution in [0.5, 0.6) is 5.75 Å². The number of hydrogen-bond donors (Lipinski definition) is 1. The van der Waals surface area contributed by atoms with Gasteiger partial charge in [0.05, 0.1) is 0 Å². The highest BCUT2D eigenvalue weighted by Gasteiger charge is 2.30. The first-order valence-electron chi connectivity index (χ1n) is 3.66. The lowest BCUT2D eigenvalue weighted by atomic mass is 10.2. The number of benzene rings is 1. The molecule has 0 fully saturated rings. The summed E-state index contributed by atoms with van der Waals surface area (Å²) in [6, 6.07) is 4.61. The fourth-order valence-corrected chi connectivity index (χ4v) is 0.978. The van der Waals surface area contributed by atoms with Gasteiger partial charge in [0, 0.05) is 5.56 Å². The molecule has 1 aromatic carbocycles. The summed E-state index contributed by atoms with van der Waals surface area (Å²) < 4.78 is 38.9. The molecule has 15 heavy (non-hydrogen) atoms. The molecule has 1 rings (SSSR count). The van der Waals surface area contributed by atoms with E-state index in [2.05, 4.69) is 9.89 Å². The van der Waals surface area contributed by atoms with E-state index in [1.165, 1.54) is 12.1 Å². The molecule has 0 saturated carbocycles. The highest BCUT2D eigenvalue weighted by Crippen LogP contribution is 2.23. The van der Waals surface area contributed by atoms with Crippen molar-refractivity contribution >= 4 is 16.8 Å². The van der Waals surface area contributed by atoms with Gasteiger partial charge in [-0.25, -0.2) is 0 Å². The van der Waals surface area contributed by atoms with Gasteiger partial charge in [-0.15, -0.1) is 13.2 Å². The summed E-state index contributed by atoms with van der Waals surface area (Å²) in [5, 5.41) is 10.8. The molecule has 0 aliphatic heterocycles. The lowest BCUT2D eigenvalue weighted by molar-refractivity contribution is -0.274. The molecule has 82 valence electrons. The van der Waals surface area contributed by atoms with Crippen molar-refractivity contribution in [1.29, 1.82) is 0 Å². The molecule has 0 spiro atoms. The maximum atomic E-state index is 11.8. The van der Waals surface area contributed by atoms with Gasteiger partial charge in [0.15, 0.2) is 5.17 Å². The SMILES string of the molecule is ON=C(Cl)c1ccc(OC(F)(F)F)cc1. The third-order valence-electron chi connectivity index (χ3n) is 1.41. The Balaban J connectivity index is 2.82. The Morgan fingerprint density at radius 3 is 2.20 bits per heavy atom. The first kappa shape index (κ1) is 11.6. The highest BCUT2D eigenvalue weighted by atomic mass is 35.5. The Hall–Kier alpha value is -1.43. The van der Waals surface area contributed by atoms with Gasteiger partial charge >= 0.3 is 6.36 Å². The van der Waals surface area contributed by atoms with Crippen LogP contribution in [0, 0.1) is 0 Å². The number of nitrogens with zero attached hydrogens (tertiary/aromatic N) is 1. The van der Waals surface area contributed by atoms with E-state index in [1.54, 1.807) is 0 Å². The summed E-state index contributed by atoms with van der Waals surface area (Å²) in [6.45, 7) is 0. The van der Waals surface area contributed by atoms with E-state index >= 15 is 0 Å². The monoisotopic (exact) mass is 239 g/mol. The summed E-state index contributed by atoms with van der Waals surface area (Å²) in [5.74, 6) is -0.367. The fourth-order valence-electron chi connectivity index (χ4n) is 0.852. The summed E-state index contributed by atoms with van der Waals surface area (Å²) in [7, 11) is 0. The molecular weight excluding hydrogens is 235 g/mol. The second kappa shape index (κ2) is 4.39. The van der Waals surface area contributed by atoms with Gasteiger partial charge in [-0.3, -0.25) is 0 Å². The average molecular weight is 240 g/mol. The van der Waals surface area contributed by atoms with E-state index in [9.17, 15) is 13.2 Å². The van der Waals surface area contributed by atoms with Gasteiger partial charge in [0.2, 0.25) is 0 Å². The van der Waals surface area contributed by atoms with E-state index in [0.717, 1.165) is 12.1 Å². The summed E-state index contributed by atoms with van der Waals surface area (Å²) >= 11 is 5.41. The highest BCUT2D eigenvalue weighted by molar-refractivity contribution is 6.69. The minimum absolute atomic E-state index is 0.214. The largest absolute Gasteiger partial charge is 0.573 e. The molecule has 7 heteroatoms. The van der Waals surface area contributed by atoms with Crippen LogP contribution in [0.25, 0.3) is 0 Å². The first-order chi connectivity index (χ1) is 6.92. The molecule has 0 amide bonds. The van der Waals surface area contributed by atoms with Crippen molar-refractivity contribution in [3.63, 3.8) is 0 Å². The second-order valence-electron chi connectivity index (χ2n) is 2.46. The van der Waals surface area contributed by atoms with Crippen LogP contribution in [0.2, 0.25) is 0 Å². The standard InChI is InChI=1S/C8H5ClF3NO2/c9-7(13-14)5-1-3-6(4-2-5)15-8(10,11)12/h1-4,14H. The molecule has 0 saturated heterocycles. The molecule has 0 radical (unpaired) electrons. The van der Waals surface area contributed by atoms with Gasteiger partial charge < -0.3 is 9.94 Å². The maximum absolute atomic E-state index is 11.8. The Morgan fingerprint density at radius 2 is 1.80 bits per heavy atom. The second-order valence-corrected chi connectivity index (χ2v) is 2.82. The predicted molar refractivity (Wildman–Crippen MR) is 47.3 cm³/mol. The quantitative estimate of drug-likeness (QED) is 0.490. The lowest BCUT2D eigenvalue weighted by Crippen LogP contribution is -2.17. The van der Waals surface area contributed by atoms with Crippen LogP contribution in [0.4, 0.5) is 13.2 Å². The van der Waals surface area contributed by atoms with Crippen LogP contribution in [-0.4, -0.2) is 16.7 Å². The minimum Gasteiger partial charge on any atom is -0.410 e. The van der Waals surface area contributed by atoms with Crippen molar-refractivity contribution in [2.75, 3.05) is 0 Å². The van der Waals surface area contributed by atoms with E-state index in [1.807, 2.05) is 0 Å². The molecule has 1 aromatic rings.